The fraction of sp³-hybridized carbons (Fsp3) is 0.391. The Hall–Kier alpha value is -2.38. The first kappa shape index (κ1) is 22.3. The molecule has 7 heteroatoms. The van der Waals surface area contributed by atoms with Crippen LogP contribution in [0.4, 0.5) is 4.39 Å². The van der Waals surface area contributed by atoms with Crippen LogP contribution in [0.3, 0.4) is 0 Å². The average Bonchev–Trinajstić information content (AvgIpc) is 2.74. The summed E-state index contributed by atoms with van der Waals surface area (Å²) < 4.78 is 19.5. The summed E-state index contributed by atoms with van der Waals surface area (Å²) in [7, 11) is 1.68. The first-order valence-corrected chi connectivity index (χ1v) is 11.0. The van der Waals surface area contributed by atoms with Crippen LogP contribution in [-0.2, 0) is 11.3 Å². The minimum atomic E-state index is -0.467. The molecule has 1 amide bonds. The number of methoxy groups -OCH3 is 1. The van der Waals surface area contributed by atoms with Gasteiger partial charge in [0.25, 0.3) is 0 Å². The van der Waals surface area contributed by atoms with Gasteiger partial charge in [0.1, 0.15) is 11.6 Å². The highest BCUT2D eigenvalue weighted by atomic mass is 32.2. The molecule has 2 aromatic rings. The molecule has 0 spiro atoms. The predicted molar refractivity (Wildman–Crippen MR) is 117 cm³/mol. The van der Waals surface area contributed by atoms with Crippen LogP contribution in [-0.4, -0.2) is 48.6 Å². The molecule has 5 nitrogen and oxygen atoms in total. The van der Waals surface area contributed by atoms with Crippen molar-refractivity contribution in [3.05, 3.63) is 59.4 Å². The molecule has 0 radical (unpaired) electrons. The summed E-state index contributed by atoms with van der Waals surface area (Å²) in [6.07, 6.45) is 1.76. The van der Waals surface area contributed by atoms with Crippen LogP contribution < -0.4 is 10.1 Å². The molecule has 0 unspecified atom stereocenters. The first-order valence-electron chi connectivity index (χ1n) is 10.0. The molecule has 1 saturated heterocycles. The Balaban J connectivity index is 1.42. The number of piperidine rings is 1. The lowest BCUT2D eigenvalue weighted by atomic mass is 10.0. The fourth-order valence-corrected chi connectivity index (χ4v) is 4.29. The molecule has 0 bridgehead atoms. The van der Waals surface area contributed by atoms with Crippen molar-refractivity contribution >= 4 is 23.5 Å². The number of para-hydroxylation sites is 1. The van der Waals surface area contributed by atoms with Crippen LogP contribution in [0.15, 0.2) is 47.4 Å². The maximum absolute atomic E-state index is 14.1. The number of ketones is 1. The minimum absolute atomic E-state index is 0.0989. The molecule has 0 aromatic heterocycles. The number of carbonyl (C=O) groups excluding carboxylic acids is 2. The maximum atomic E-state index is 14.1. The van der Waals surface area contributed by atoms with Crippen molar-refractivity contribution in [2.75, 3.05) is 26.0 Å². The molecule has 0 atom stereocenters. The molecule has 30 heavy (non-hydrogen) atoms. The molecule has 3 rings (SSSR count). The van der Waals surface area contributed by atoms with Gasteiger partial charge in [0.05, 0.1) is 12.9 Å². The van der Waals surface area contributed by atoms with E-state index in [9.17, 15) is 14.0 Å². The number of likely N-dealkylation sites (tertiary alicyclic amines) is 1. The molecule has 1 N–H and O–H groups in total. The van der Waals surface area contributed by atoms with E-state index in [0.717, 1.165) is 55.6 Å². The zero-order valence-corrected chi connectivity index (χ0v) is 18.1. The Bertz CT molecular complexity index is 898. The number of halogens is 1. The van der Waals surface area contributed by atoms with Crippen LogP contribution in [0.2, 0.25) is 0 Å². The SMILES string of the molecule is COc1ccccc1CN1CCC(NC(=O)CSc2ccc(C(C)=O)cc2F)CC1. The minimum Gasteiger partial charge on any atom is -0.496 e. The molecule has 1 aliphatic rings. The molecule has 160 valence electrons. The number of thioether (sulfide) groups is 1. The number of nitrogens with one attached hydrogen (secondary N) is 1. The van der Waals surface area contributed by atoms with Crippen molar-refractivity contribution in [3.63, 3.8) is 0 Å². The van der Waals surface area contributed by atoms with Crippen molar-refractivity contribution in [1.29, 1.82) is 0 Å². The highest BCUT2D eigenvalue weighted by molar-refractivity contribution is 8.00. The number of carbonyl (C=O) groups is 2. The predicted octanol–water partition coefficient (Wildman–Crippen LogP) is 3.91. The summed E-state index contributed by atoms with van der Waals surface area (Å²) in [6, 6.07) is 12.5. The maximum Gasteiger partial charge on any atom is 0.230 e. The van der Waals surface area contributed by atoms with E-state index in [1.807, 2.05) is 18.2 Å². The summed E-state index contributed by atoms with van der Waals surface area (Å²) in [5.74, 6) is 0.301. The van der Waals surface area contributed by atoms with Gasteiger partial charge in [-0.1, -0.05) is 24.3 Å². The van der Waals surface area contributed by atoms with Crippen LogP contribution in [0.25, 0.3) is 0 Å². The summed E-state index contributed by atoms with van der Waals surface area (Å²) in [5, 5.41) is 3.06. The van der Waals surface area contributed by atoms with Crippen LogP contribution in [0.1, 0.15) is 35.7 Å². The topological polar surface area (TPSA) is 58.6 Å². The van der Waals surface area contributed by atoms with E-state index in [-0.39, 0.29) is 23.5 Å². The number of amides is 1. The molecular formula is C23H27FN2O3S. The second kappa shape index (κ2) is 10.6. The molecule has 1 heterocycles. The van der Waals surface area contributed by atoms with Crippen LogP contribution in [0.5, 0.6) is 5.75 Å². The quantitative estimate of drug-likeness (QED) is 0.508. The van der Waals surface area contributed by atoms with E-state index >= 15 is 0 Å². The van der Waals surface area contributed by atoms with E-state index in [1.165, 1.54) is 13.0 Å². The van der Waals surface area contributed by atoms with Gasteiger partial charge in [0.15, 0.2) is 5.78 Å². The normalized spacial score (nSPS) is 15.0. The van der Waals surface area contributed by atoms with Crippen molar-refractivity contribution in [2.45, 2.75) is 37.2 Å². The van der Waals surface area contributed by atoms with Crippen molar-refractivity contribution in [1.82, 2.24) is 10.2 Å². The highest BCUT2D eigenvalue weighted by Gasteiger charge is 2.21. The van der Waals surface area contributed by atoms with E-state index in [0.29, 0.717) is 10.5 Å². The van der Waals surface area contributed by atoms with Crippen LogP contribution in [0, 0.1) is 5.82 Å². The molecule has 1 aliphatic heterocycles. The monoisotopic (exact) mass is 430 g/mol. The molecule has 2 aromatic carbocycles. The van der Waals surface area contributed by atoms with E-state index in [2.05, 4.69) is 16.3 Å². The van der Waals surface area contributed by atoms with Gasteiger partial charge >= 0.3 is 0 Å². The lowest BCUT2D eigenvalue weighted by Gasteiger charge is -2.32. The Morgan fingerprint density at radius 3 is 2.60 bits per heavy atom. The third kappa shape index (κ3) is 6.06. The molecule has 0 saturated carbocycles. The van der Waals surface area contributed by atoms with Crippen molar-refractivity contribution in [2.24, 2.45) is 0 Å². The number of hydrogen-bond donors (Lipinski definition) is 1. The van der Waals surface area contributed by atoms with Crippen LogP contribution >= 0.6 is 11.8 Å². The van der Waals surface area contributed by atoms with E-state index in [4.69, 9.17) is 4.74 Å². The molecule has 0 aliphatic carbocycles. The number of ether oxygens (including phenoxy) is 1. The Morgan fingerprint density at radius 1 is 1.20 bits per heavy atom. The molecule has 1 fully saturated rings. The first-order chi connectivity index (χ1) is 14.5. The second-order valence-electron chi connectivity index (χ2n) is 7.42. The van der Waals surface area contributed by atoms with Gasteiger partial charge in [-0.15, -0.1) is 11.8 Å². The van der Waals surface area contributed by atoms with Gasteiger partial charge in [-0.25, -0.2) is 4.39 Å². The van der Waals surface area contributed by atoms with Gasteiger partial charge < -0.3 is 10.1 Å². The Kier molecular flexibility index (Phi) is 7.87. The summed E-state index contributed by atoms with van der Waals surface area (Å²) >= 11 is 1.15. The Labute approximate surface area is 181 Å². The summed E-state index contributed by atoms with van der Waals surface area (Å²) in [4.78, 5) is 26.3. The van der Waals surface area contributed by atoms with Crippen molar-refractivity contribution in [3.8, 4) is 5.75 Å². The average molecular weight is 431 g/mol. The summed E-state index contributed by atoms with van der Waals surface area (Å²) in [6.45, 7) is 4.03. The number of rotatable bonds is 8. The van der Waals surface area contributed by atoms with Gasteiger partial charge in [-0.05, 0) is 38.0 Å². The number of hydrogen-bond acceptors (Lipinski definition) is 5. The zero-order valence-electron chi connectivity index (χ0n) is 17.3. The second-order valence-corrected chi connectivity index (χ2v) is 8.44. The van der Waals surface area contributed by atoms with E-state index in [1.54, 1.807) is 19.2 Å². The third-order valence-corrected chi connectivity index (χ3v) is 6.28. The Morgan fingerprint density at radius 2 is 1.93 bits per heavy atom. The molecular weight excluding hydrogens is 403 g/mol. The fourth-order valence-electron chi connectivity index (χ4n) is 3.56. The summed E-state index contributed by atoms with van der Waals surface area (Å²) in [5.41, 5.74) is 1.50. The van der Waals surface area contributed by atoms with Gasteiger partial charge in [-0.3, -0.25) is 14.5 Å². The zero-order chi connectivity index (χ0) is 21.5. The number of Topliss-reactive ketones (excluding diaryl/α,β-unsaturated/α-hetero) is 1. The number of nitrogens with zero attached hydrogens (tertiary/aromatic N) is 1. The lowest BCUT2D eigenvalue weighted by molar-refractivity contribution is -0.119. The largest absolute Gasteiger partial charge is 0.496 e. The number of benzene rings is 2. The van der Waals surface area contributed by atoms with Gasteiger partial charge in [-0.2, -0.15) is 0 Å². The van der Waals surface area contributed by atoms with Crippen molar-refractivity contribution < 1.29 is 18.7 Å². The van der Waals surface area contributed by atoms with E-state index < -0.39 is 5.82 Å². The van der Waals surface area contributed by atoms with Gasteiger partial charge in [0, 0.05) is 41.7 Å². The van der Waals surface area contributed by atoms with Gasteiger partial charge in [0.2, 0.25) is 5.91 Å². The lowest BCUT2D eigenvalue weighted by Crippen LogP contribution is -2.44. The smallest absolute Gasteiger partial charge is 0.230 e. The highest BCUT2D eigenvalue weighted by Crippen LogP contribution is 2.24. The third-order valence-electron chi connectivity index (χ3n) is 5.24. The standard InChI is InChI=1S/C23H27FN2O3S/c1-16(27)17-7-8-22(20(24)13-17)30-15-23(28)25-19-9-11-26(12-10-19)14-18-5-3-4-6-21(18)29-2/h3-8,13,19H,9-12,14-15H2,1-2H3,(H,25,28).